The van der Waals surface area contributed by atoms with Gasteiger partial charge in [-0.25, -0.2) is 4.90 Å². The number of carbonyl (C=O) groups excluding carboxylic acids is 3. The van der Waals surface area contributed by atoms with Crippen molar-refractivity contribution >= 4 is 44.8 Å². The van der Waals surface area contributed by atoms with Crippen molar-refractivity contribution in [1.29, 1.82) is 0 Å². The van der Waals surface area contributed by atoms with E-state index in [1.54, 1.807) is 42.5 Å². The van der Waals surface area contributed by atoms with E-state index in [0.29, 0.717) is 16.8 Å². The molecule has 0 N–H and O–H groups in total. The second-order valence-corrected chi connectivity index (χ2v) is 6.03. The number of carbonyl (C=O) groups is 3. The Morgan fingerprint density at radius 3 is 2.43 bits per heavy atom. The molecule has 5 heteroatoms. The summed E-state index contributed by atoms with van der Waals surface area (Å²) < 4.78 is 0.771. The van der Waals surface area contributed by atoms with Crippen LogP contribution >= 0.6 is 15.9 Å². The Morgan fingerprint density at radius 1 is 1.09 bits per heavy atom. The first kappa shape index (κ1) is 15.4. The van der Waals surface area contributed by atoms with Gasteiger partial charge >= 0.3 is 0 Å². The van der Waals surface area contributed by atoms with Gasteiger partial charge in [-0.15, -0.1) is 0 Å². The van der Waals surface area contributed by atoms with E-state index in [-0.39, 0.29) is 17.3 Å². The first-order chi connectivity index (χ1) is 11.0. The van der Waals surface area contributed by atoms with Gasteiger partial charge in [-0.3, -0.25) is 14.4 Å². The van der Waals surface area contributed by atoms with Gasteiger partial charge in [0.2, 0.25) is 5.91 Å². The highest BCUT2D eigenvalue weighted by molar-refractivity contribution is 9.10. The number of allylic oxidation sites excluding steroid dienone is 1. The Kier molecular flexibility index (Phi) is 3.96. The summed E-state index contributed by atoms with van der Waals surface area (Å²) >= 11 is 3.35. The molecule has 2 amide bonds. The fourth-order valence-corrected chi connectivity index (χ4v) is 2.89. The zero-order chi connectivity index (χ0) is 16.6. The maximum absolute atomic E-state index is 12.6. The third-order valence-electron chi connectivity index (χ3n) is 3.57. The maximum Gasteiger partial charge on any atom is 0.265 e. The Balaban J connectivity index is 2.11. The summed E-state index contributed by atoms with van der Waals surface area (Å²) in [6, 6.07) is 13.9. The van der Waals surface area contributed by atoms with Crippen LogP contribution in [-0.4, -0.2) is 17.6 Å². The number of fused-ring (bicyclic) bond motifs is 1. The number of hydrogen-bond acceptors (Lipinski definition) is 3. The lowest BCUT2D eigenvalue weighted by Gasteiger charge is -2.11. The highest BCUT2D eigenvalue weighted by Gasteiger charge is 2.35. The first-order valence-electron chi connectivity index (χ1n) is 6.95. The van der Waals surface area contributed by atoms with Crippen LogP contribution in [0.3, 0.4) is 0 Å². The molecule has 0 atom stereocenters. The van der Waals surface area contributed by atoms with Crippen molar-refractivity contribution in [2.45, 2.75) is 6.92 Å². The van der Waals surface area contributed by atoms with E-state index in [4.69, 9.17) is 0 Å². The molecular formula is C18H12BrNO3. The maximum atomic E-state index is 12.6. The molecule has 1 heterocycles. The predicted molar refractivity (Wildman–Crippen MR) is 91.1 cm³/mol. The molecular weight excluding hydrogens is 358 g/mol. The van der Waals surface area contributed by atoms with Gasteiger partial charge in [0, 0.05) is 22.5 Å². The smallest absolute Gasteiger partial charge is 0.265 e. The zero-order valence-electron chi connectivity index (χ0n) is 12.2. The number of hydrogen-bond donors (Lipinski definition) is 0. The molecule has 0 radical (unpaired) electrons. The number of ketones is 1. The van der Waals surface area contributed by atoms with Crippen molar-refractivity contribution in [1.82, 2.24) is 0 Å². The van der Waals surface area contributed by atoms with E-state index in [1.165, 1.54) is 13.0 Å². The summed E-state index contributed by atoms with van der Waals surface area (Å²) in [4.78, 5) is 37.8. The molecule has 2 aromatic rings. The molecule has 1 aliphatic rings. The molecule has 0 aromatic heterocycles. The minimum absolute atomic E-state index is 0.227. The van der Waals surface area contributed by atoms with Crippen molar-refractivity contribution in [3.8, 4) is 0 Å². The van der Waals surface area contributed by atoms with Crippen LogP contribution in [0.2, 0.25) is 0 Å². The molecule has 0 spiro atoms. The normalized spacial score (nSPS) is 15.0. The molecule has 0 fully saturated rings. The summed E-state index contributed by atoms with van der Waals surface area (Å²) in [6.07, 6.45) is 1.30. The van der Waals surface area contributed by atoms with Crippen molar-refractivity contribution in [3.63, 3.8) is 0 Å². The number of rotatable bonds is 2. The van der Waals surface area contributed by atoms with Gasteiger partial charge in [-0.05, 0) is 24.3 Å². The van der Waals surface area contributed by atoms with Crippen LogP contribution in [0.4, 0.5) is 5.69 Å². The fraction of sp³-hybridized carbons (Fsp3) is 0.0556. The topological polar surface area (TPSA) is 54.5 Å². The Labute approximate surface area is 141 Å². The number of nitrogens with zero attached hydrogens (tertiary/aromatic N) is 1. The molecule has 23 heavy (non-hydrogen) atoms. The molecule has 114 valence electrons. The Bertz CT molecular complexity index is 856. The van der Waals surface area contributed by atoms with Crippen molar-refractivity contribution in [2.75, 3.05) is 4.90 Å². The van der Waals surface area contributed by atoms with Crippen LogP contribution in [0, 0.1) is 0 Å². The first-order valence-corrected chi connectivity index (χ1v) is 7.74. The lowest BCUT2D eigenvalue weighted by atomic mass is 10.0. The molecule has 4 nitrogen and oxygen atoms in total. The summed E-state index contributed by atoms with van der Waals surface area (Å²) in [5.74, 6) is -1.13. The second kappa shape index (κ2) is 5.93. The molecule has 0 saturated carbocycles. The molecule has 0 saturated heterocycles. The fourth-order valence-electron chi connectivity index (χ4n) is 2.53. The van der Waals surface area contributed by atoms with Crippen LogP contribution in [-0.2, 0) is 9.59 Å². The van der Waals surface area contributed by atoms with Gasteiger partial charge < -0.3 is 0 Å². The van der Waals surface area contributed by atoms with E-state index in [2.05, 4.69) is 15.9 Å². The monoisotopic (exact) mass is 369 g/mol. The second-order valence-electron chi connectivity index (χ2n) is 5.11. The number of anilines is 1. The van der Waals surface area contributed by atoms with E-state index < -0.39 is 5.91 Å². The van der Waals surface area contributed by atoms with E-state index >= 15 is 0 Å². The third-order valence-corrected chi connectivity index (χ3v) is 4.07. The quantitative estimate of drug-likeness (QED) is 0.600. The molecule has 0 aliphatic carbocycles. The summed E-state index contributed by atoms with van der Waals surface area (Å²) in [6.45, 7) is 1.33. The minimum Gasteiger partial charge on any atom is -0.289 e. The summed E-state index contributed by atoms with van der Waals surface area (Å²) in [7, 11) is 0. The van der Waals surface area contributed by atoms with Gasteiger partial charge in [0.25, 0.3) is 5.91 Å². The summed E-state index contributed by atoms with van der Waals surface area (Å²) in [5, 5.41) is 0. The van der Waals surface area contributed by atoms with Gasteiger partial charge in [0.15, 0.2) is 5.78 Å². The Morgan fingerprint density at radius 2 is 1.78 bits per heavy atom. The highest BCUT2D eigenvalue weighted by atomic mass is 79.9. The number of halogens is 1. The van der Waals surface area contributed by atoms with E-state index in [0.717, 1.165) is 9.37 Å². The largest absolute Gasteiger partial charge is 0.289 e. The molecule has 2 aromatic carbocycles. The highest BCUT2D eigenvalue weighted by Crippen LogP contribution is 2.38. The molecule has 1 aliphatic heterocycles. The van der Waals surface area contributed by atoms with Crippen LogP contribution < -0.4 is 4.90 Å². The minimum atomic E-state index is -0.477. The predicted octanol–water partition coefficient (Wildman–Crippen LogP) is 3.61. The molecule has 0 unspecified atom stereocenters. The van der Waals surface area contributed by atoms with Crippen LogP contribution in [0.1, 0.15) is 22.8 Å². The lowest BCUT2D eigenvalue weighted by Crippen LogP contribution is -2.31. The van der Waals surface area contributed by atoms with Gasteiger partial charge in [-0.1, -0.05) is 46.3 Å². The standard InChI is InChI=1S/C18H12BrNO3/c1-11(21)20-16-8-7-13(19)9-14(16)15(18(20)23)10-17(22)12-5-3-2-4-6-12/h2-10H,1H3/b15-10+. The van der Waals surface area contributed by atoms with E-state index in [1.807, 2.05) is 6.07 Å². The lowest BCUT2D eigenvalue weighted by molar-refractivity contribution is -0.122. The number of benzene rings is 2. The van der Waals surface area contributed by atoms with Crippen molar-refractivity contribution in [3.05, 3.63) is 70.2 Å². The number of imide groups is 1. The van der Waals surface area contributed by atoms with Crippen LogP contribution in [0.25, 0.3) is 5.57 Å². The number of amides is 2. The van der Waals surface area contributed by atoms with Gasteiger partial charge in [0.05, 0.1) is 11.3 Å². The molecule has 0 bridgehead atoms. The average Bonchev–Trinajstić information content (AvgIpc) is 2.80. The van der Waals surface area contributed by atoms with E-state index in [9.17, 15) is 14.4 Å². The zero-order valence-corrected chi connectivity index (χ0v) is 13.8. The van der Waals surface area contributed by atoms with Crippen molar-refractivity contribution < 1.29 is 14.4 Å². The van der Waals surface area contributed by atoms with Crippen LogP contribution in [0.5, 0.6) is 0 Å². The summed E-state index contributed by atoms with van der Waals surface area (Å²) in [5.41, 5.74) is 1.79. The van der Waals surface area contributed by atoms with Crippen LogP contribution in [0.15, 0.2) is 59.1 Å². The average molecular weight is 370 g/mol. The SMILES string of the molecule is CC(=O)N1C(=O)/C(=C/C(=O)c2ccccc2)c2cc(Br)ccc21. The van der Waals surface area contributed by atoms with Crippen molar-refractivity contribution in [2.24, 2.45) is 0 Å². The molecule has 3 rings (SSSR count). The Hall–Kier alpha value is -2.53. The van der Waals surface area contributed by atoms with Gasteiger partial charge in [0.1, 0.15) is 0 Å². The van der Waals surface area contributed by atoms with Gasteiger partial charge in [-0.2, -0.15) is 0 Å². The third kappa shape index (κ3) is 2.75.